The van der Waals surface area contributed by atoms with Gasteiger partial charge in [0.15, 0.2) is 11.5 Å². The smallest absolute Gasteiger partial charge is 0.224 e. The number of H-pyrrole nitrogens is 2. The molecule has 7 rings (SSSR count). The Bertz CT molecular complexity index is 1840. The van der Waals surface area contributed by atoms with Gasteiger partial charge in [-0.15, -0.1) is 0 Å². The van der Waals surface area contributed by atoms with Crippen molar-refractivity contribution < 1.29 is 4.79 Å². The molecule has 0 radical (unpaired) electrons. The second kappa shape index (κ2) is 10.0. The minimum absolute atomic E-state index is 0.0298. The maximum atomic E-state index is 12.7. The van der Waals surface area contributed by atoms with Gasteiger partial charge in [-0.25, -0.2) is 15.0 Å². The Balaban J connectivity index is 1.19. The Hall–Kier alpha value is -4.90. The summed E-state index contributed by atoms with van der Waals surface area (Å²) >= 11 is 0. The number of imidazole rings is 2. The largest absolute Gasteiger partial charge is 0.325 e. The van der Waals surface area contributed by atoms with Crippen LogP contribution in [-0.2, 0) is 4.79 Å². The first-order valence-corrected chi connectivity index (χ1v) is 13.4. The van der Waals surface area contributed by atoms with Crippen LogP contribution in [0.4, 0.5) is 5.69 Å². The summed E-state index contributed by atoms with van der Waals surface area (Å²) in [6, 6.07) is 9.94. The number of nitrogens with one attached hydrogen (secondary N) is 4. The van der Waals surface area contributed by atoms with Gasteiger partial charge in [-0.1, -0.05) is 6.07 Å². The molecule has 1 aliphatic rings. The van der Waals surface area contributed by atoms with Crippen molar-refractivity contribution >= 4 is 33.7 Å². The molecule has 0 saturated carbocycles. The summed E-state index contributed by atoms with van der Waals surface area (Å²) in [5.41, 5.74) is 7.35. The molecule has 1 amide bonds. The molecule has 6 heterocycles. The van der Waals surface area contributed by atoms with E-state index in [1.807, 2.05) is 42.0 Å². The monoisotopic (exact) mass is 532 g/mol. The lowest BCUT2D eigenvalue weighted by atomic mass is 9.94. The van der Waals surface area contributed by atoms with Gasteiger partial charge in [0.2, 0.25) is 5.91 Å². The molecule has 11 nitrogen and oxygen atoms in total. The van der Waals surface area contributed by atoms with Crippen LogP contribution in [0.25, 0.3) is 50.4 Å². The highest BCUT2D eigenvalue weighted by Crippen LogP contribution is 2.31. The van der Waals surface area contributed by atoms with E-state index in [-0.39, 0.29) is 5.91 Å². The number of anilines is 1. The van der Waals surface area contributed by atoms with Gasteiger partial charge in [-0.3, -0.25) is 14.9 Å². The summed E-state index contributed by atoms with van der Waals surface area (Å²) in [5, 5.41) is 15.0. The minimum Gasteiger partial charge on any atom is -0.325 e. The summed E-state index contributed by atoms with van der Waals surface area (Å²) in [6.45, 7) is 3.90. The first-order valence-electron chi connectivity index (χ1n) is 13.4. The third-order valence-electron chi connectivity index (χ3n) is 7.43. The number of aromatic amines is 2. The maximum absolute atomic E-state index is 12.7. The molecule has 4 N–H and O–H groups in total. The average molecular weight is 533 g/mol. The van der Waals surface area contributed by atoms with Crippen LogP contribution in [0.1, 0.15) is 25.0 Å². The lowest BCUT2D eigenvalue weighted by Gasteiger charge is -2.21. The molecule has 11 heteroatoms. The topological polar surface area (TPSA) is 142 Å². The number of carbonyl (C=O) groups excluding carboxylic acids is 1. The number of amides is 1. The van der Waals surface area contributed by atoms with Gasteiger partial charge in [-0.2, -0.15) is 5.10 Å². The number of aryl methyl sites for hydroxylation is 1. The molecule has 1 aromatic carbocycles. The first kappa shape index (κ1) is 24.2. The van der Waals surface area contributed by atoms with Crippen molar-refractivity contribution in [2.75, 3.05) is 18.4 Å². The molecule has 200 valence electrons. The highest BCUT2D eigenvalue weighted by atomic mass is 16.1. The molecule has 1 fully saturated rings. The Labute approximate surface area is 229 Å². The van der Waals surface area contributed by atoms with Gasteiger partial charge in [0.05, 0.1) is 35.1 Å². The van der Waals surface area contributed by atoms with Crippen molar-refractivity contribution in [2.45, 2.75) is 26.2 Å². The molecule has 1 aliphatic heterocycles. The second-order valence-electron chi connectivity index (χ2n) is 10.3. The number of fused-ring (bicyclic) bond motifs is 2. The van der Waals surface area contributed by atoms with Crippen LogP contribution in [0.15, 0.2) is 61.4 Å². The predicted molar refractivity (Wildman–Crippen MR) is 153 cm³/mol. The van der Waals surface area contributed by atoms with Crippen molar-refractivity contribution in [3.63, 3.8) is 0 Å². The molecular weight excluding hydrogens is 504 g/mol. The molecular formula is C29H28N10O. The van der Waals surface area contributed by atoms with Gasteiger partial charge >= 0.3 is 0 Å². The first-order chi connectivity index (χ1) is 19.6. The van der Waals surface area contributed by atoms with E-state index in [1.165, 1.54) is 0 Å². The summed E-state index contributed by atoms with van der Waals surface area (Å²) in [7, 11) is 0. The second-order valence-corrected chi connectivity index (χ2v) is 10.3. The Morgan fingerprint density at radius 1 is 1.10 bits per heavy atom. The van der Waals surface area contributed by atoms with E-state index in [1.54, 1.807) is 24.9 Å². The van der Waals surface area contributed by atoms with Crippen molar-refractivity contribution in [3.8, 4) is 28.3 Å². The minimum atomic E-state index is 0.0298. The Morgan fingerprint density at radius 3 is 2.85 bits per heavy atom. The standard InChI is InChI=1S/C29H28N10O/c1-17-15-39(16-33-17)24-6-9-32-28-27(24)35-29(36-28)26-22-12-19(2-3-23(22)37-38-26)20-11-21(14-31-13-20)34-25(40)10-18-4-7-30-8-5-18/h2-3,6,9,11-16,18,30H,4-5,7-8,10H2,1H3,(H,34,40)(H,37,38)(H,32,35,36). The van der Waals surface area contributed by atoms with Crippen LogP contribution < -0.4 is 10.6 Å². The third-order valence-corrected chi connectivity index (χ3v) is 7.43. The number of carbonyl (C=O) groups is 1. The van der Waals surface area contributed by atoms with Gasteiger partial charge in [0.1, 0.15) is 11.2 Å². The normalized spacial score (nSPS) is 14.2. The van der Waals surface area contributed by atoms with E-state index < -0.39 is 0 Å². The number of hydrogen-bond donors (Lipinski definition) is 4. The van der Waals surface area contributed by atoms with Gasteiger partial charge in [-0.05, 0) is 68.6 Å². The summed E-state index contributed by atoms with van der Waals surface area (Å²) < 4.78 is 1.94. The van der Waals surface area contributed by atoms with Crippen molar-refractivity contribution in [3.05, 3.63) is 67.1 Å². The van der Waals surface area contributed by atoms with Crippen molar-refractivity contribution in [2.24, 2.45) is 5.92 Å². The van der Waals surface area contributed by atoms with E-state index in [9.17, 15) is 4.79 Å². The zero-order valence-electron chi connectivity index (χ0n) is 22.0. The van der Waals surface area contributed by atoms with Crippen LogP contribution in [-0.4, -0.2) is 58.7 Å². The molecule has 5 aromatic heterocycles. The number of pyridine rings is 2. The summed E-state index contributed by atoms with van der Waals surface area (Å²) in [6.07, 6.45) is 11.6. The molecule has 40 heavy (non-hydrogen) atoms. The van der Waals surface area contributed by atoms with Crippen LogP contribution in [0.2, 0.25) is 0 Å². The molecule has 0 atom stereocenters. The number of aromatic nitrogens is 8. The average Bonchev–Trinajstić information content (AvgIpc) is 3.71. The van der Waals surface area contributed by atoms with Crippen LogP contribution in [0.5, 0.6) is 0 Å². The molecule has 1 saturated heterocycles. The van der Waals surface area contributed by atoms with Gasteiger partial charge in [0, 0.05) is 36.0 Å². The van der Waals surface area contributed by atoms with Gasteiger partial charge < -0.3 is 20.2 Å². The fourth-order valence-electron chi connectivity index (χ4n) is 5.37. The molecule has 0 aliphatic carbocycles. The fraction of sp³-hybridized carbons (Fsp3) is 0.241. The highest BCUT2D eigenvalue weighted by molar-refractivity contribution is 5.96. The molecule has 0 unspecified atom stereocenters. The SMILES string of the molecule is Cc1cn(-c2ccnc3[nH]c(-c4n[nH]c5ccc(-c6cncc(NC(=O)CC7CCNCC7)c6)cc45)nc23)cn1. The van der Waals surface area contributed by atoms with Gasteiger partial charge in [0.25, 0.3) is 0 Å². The highest BCUT2D eigenvalue weighted by Gasteiger charge is 2.18. The predicted octanol–water partition coefficient (Wildman–Crippen LogP) is 4.39. The third kappa shape index (κ3) is 4.60. The molecule has 6 aromatic rings. The zero-order chi connectivity index (χ0) is 27.1. The van der Waals surface area contributed by atoms with E-state index in [0.29, 0.717) is 35.2 Å². The number of rotatable bonds is 6. The summed E-state index contributed by atoms with van der Waals surface area (Å²) in [5.74, 6) is 1.07. The van der Waals surface area contributed by atoms with Crippen molar-refractivity contribution in [1.29, 1.82) is 0 Å². The zero-order valence-corrected chi connectivity index (χ0v) is 22.0. The molecule has 0 bridgehead atoms. The lowest BCUT2D eigenvalue weighted by Crippen LogP contribution is -2.30. The lowest BCUT2D eigenvalue weighted by molar-refractivity contribution is -0.117. The van der Waals surface area contributed by atoms with Crippen LogP contribution in [0, 0.1) is 12.8 Å². The number of nitrogens with zero attached hydrogens (tertiary/aromatic N) is 6. The fourth-order valence-corrected chi connectivity index (χ4v) is 5.37. The number of hydrogen-bond acceptors (Lipinski definition) is 7. The van der Waals surface area contributed by atoms with E-state index in [0.717, 1.165) is 64.9 Å². The summed E-state index contributed by atoms with van der Waals surface area (Å²) in [4.78, 5) is 34.1. The van der Waals surface area contributed by atoms with Crippen molar-refractivity contribution in [1.82, 2.24) is 45.0 Å². The van der Waals surface area contributed by atoms with Crippen LogP contribution in [0.3, 0.4) is 0 Å². The number of benzene rings is 1. The van der Waals surface area contributed by atoms with E-state index in [4.69, 9.17) is 4.98 Å². The van der Waals surface area contributed by atoms with Crippen LogP contribution >= 0.6 is 0 Å². The Morgan fingerprint density at radius 2 is 2.00 bits per heavy atom. The van der Waals surface area contributed by atoms with E-state index >= 15 is 0 Å². The molecule has 0 spiro atoms. The maximum Gasteiger partial charge on any atom is 0.224 e. The van der Waals surface area contributed by atoms with E-state index in [2.05, 4.69) is 46.8 Å². The number of piperidine rings is 1. The quantitative estimate of drug-likeness (QED) is 0.249. The Kier molecular flexibility index (Phi) is 6.05.